The molecule has 1 aromatic carbocycles. The van der Waals surface area contributed by atoms with Crippen LogP contribution in [0.4, 0.5) is 0 Å². The molecular weight excluding hydrogens is 244 g/mol. The summed E-state index contributed by atoms with van der Waals surface area (Å²) in [5, 5.41) is 9.22. The van der Waals surface area contributed by atoms with Crippen LogP contribution in [-0.2, 0) is 4.79 Å². The molecule has 0 spiro atoms. The van der Waals surface area contributed by atoms with E-state index in [1.165, 1.54) is 0 Å². The first kappa shape index (κ1) is 13.8. The van der Waals surface area contributed by atoms with Crippen molar-refractivity contribution in [3.8, 4) is 5.75 Å². The minimum absolute atomic E-state index is 0.0374. The van der Waals surface area contributed by atoms with E-state index in [1.807, 2.05) is 24.3 Å². The second-order valence-electron chi connectivity index (χ2n) is 4.81. The van der Waals surface area contributed by atoms with Gasteiger partial charge in [-0.15, -0.1) is 0 Å². The molecule has 0 saturated carbocycles. The number of methoxy groups -OCH3 is 1. The molecule has 5 heteroatoms. The van der Waals surface area contributed by atoms with E-state index in [9.17, 15) is 9.90 Å². The number of carbonyl (C=O) groups excluding carboxylic acids is 1. The molecule has 0 aliphatic carbocycles. The molecule has 1 saturated heterocycles. The minimum Gasteiger partial charge on any atom is -0.497 e. The Bertz CT molecular complexity index is 433. The third kappa shape index (κ3) is 3.05. The number of nitrogens with two attached hydrogens (primary N) is 1. The predicted octanol–water partition coefficient (Wildman–Crippen LogP) is 0.678. The molecule has 19 heavy (non-hydrogen) atoms. The smallest absolute Gasteiger partial charge is 0.224 e. The van der Waals surface area contributed by atoms with Gasteiger partial charge < -0.3 is 20.5 Å². The average molecular weight is 264 g/mol. The average Bonchev–Trinajstić information content (AvgIpc) is 2.75. The molecule has 1 aromatic rings. The second-order valence-corrected chi connectivity index (χ2v) is 4.81. The number of aliphatic hydroxyl groups excluding tert-OH is 1. The molecule has 1 heterocycles. The second kappa shape index (κ2) is 6.04. The molecule has 1 fully saturated rings. The molecule has 1 amide bonds. The first-order valence-electron chi connectivity index (χ1n) is 6.45. The number of hydrogen-bond acceptors (Lipinski definition) is 4. The van der Waals surface area contributed by atoms with Crippen LogP contribution in [-0.4, -0.2) is 42.2 Å². The summed E-state index contributed by atoms with van der Waals surface area (Å²) in [7, 11) is 1.61. The first-order valence-corrected chi connectivity index (χ1v) is 6.45. The zero-order chi connectivity index (χ0) is 13.8. The van der Waals surface area contributed by atoms with Gasteiger partial charge in [0.05, 0.1) is 13.2 Å². The summed E-state index contributed by atoms with van der Waals surface area (Å²) in [6.07, 6.45) is 0.906. The number of benzene rings is 1. The monoisotopic (exact) mass is 264 g/mol. The van der Waals surface area contributed by atoms with Crippen molar-refractivity contribution in [2.24, 2.45) is 5.73 Å². The molecule has 2 atom stereocenters. The SMILES string of the molecule is COc1ccc(C(CCO)N2CC(N)CC2=O)cc1. The zero-order valence-corrected chi connectivity index (χ0v) is 11.1. The molecule has 0 bridgehead atoms. The lowest BCUT2D eigenvalue weighted by Gasteiger charge is -2.28. The van der Waals surface area contributed by atoms with Crippen LogP contribution in [0.2, 0.25) is 0 Å². The van der Waals surface area contributed by atoms with Crippen molar-refractivity contribution in [2.75, 3.05) is 20.3 Å². The molecule has 2 rings (SSSR count). The molecule has 1 aliphatic heterocycles. The summed E-state index contributed by atoms with van der Waals surface area (Å²) in [6, 6.07) is 7.36. The largest absolute Gasteiger partial charge is 0.497 e. The van der Waals surface area contributed by atoms with Crippen LogP contribution in [0.15, 0.2) is 24.3 Å². The number of rotatable bonds is 5. The third-order valence-corrected chi connectivity index (χ3v) is 3.47. The standard InChI is InChI=1S/C14H20N2O3/c1-19-12-4-2-10(3-5-12)13(6-7-17)16-9-11(15)8-14(16)18/h2-5,11,13,17H,6-9,15H2,1H3. The van der Waals surface area contributed by atoms with E-state index in [0.717, 1.165) is 11.3 Å². The highest BCUT2D eigenvalue weighted by molar-refractivity contribution is 5.79. The van der Waals surface area contributed by atoms with Crippen LogP contribution >= 0.6 is 0 Å². The van der Waals surface area contributed by atoms with Gasteiger partial charge >= 0.3 is 0 Å². The summed E-state index contributed by atoms with van der Waals surface area (Å²) in [5.41, 5.74) is 6.83. The molecule has 0 radical (unpaired) electrons. The highest BCUT2D eigenvalue weighted by atomic mass is 16.5. The summed E-state index contributed by atoms with van der Waals surface area (Å²) in [4.78, 5) is 13.7. The summed E-state index contributed by atoms with van der Waals surface area (Å²) >= 11 is 0. The fourth-order valence-electron chi connectivity index (χ4n) is 2.51. The normalized spacial score (nSPS) is 20.7. The van der Waals surface area contributed by atoms with Crippen LogP contribution in [0.25, 0.3) is 0 Å². The molecule has 0 aromatic heterocycles. The van der Waals surface area contributed by atoms with Gasteiger partial charge in [0.25, 0.3) is 0 Å². The van der Waals surface area contributed by atoms with E-state index in [-0.39, 0.29) is 24.6 Å². The maximum atomic E-state index is 11.9. The zero-order valence-electron chi connectivity index (χ0n) is 11.1. The number of aliphatic hydroxyl groups is 1. The van der Waals surface area contributed by atoms with Gasteiger partial charge in [-0.05, 0) is 24.1 Å². The Morgan fingerprint density at radius 2 is 2.16 bits per heavy atom. The van der Waals surface area contributed by atoms with Gasteiger partial charge in [-0.3, -0.25) is 4.79 Å². The fourth-order valence-corrected chi connectivity index (χ4v) is 2.51. The van der Waals surface area contributed by atoms with Gasteiger partial charge in [-0.2, -0.15) is 0 Å². The lowest BCUT2D eigenvalue weighted by atomic mass is 10.0. The quantitative estimate of drug-likeness (QED) is 0.820. The Kier molecular flexibility index (Phi) is 4.39. The number of hydrogen-bond donors (Lipinski definition) is 2. The van der Waals surface area contributed by atoms with Crippen molar-refractivity contribution in [3.05, 3.63) is 29.8 Å². The highest BCUT2D eigenvalue weighted by Crippen LogP contribution is 2.29. The number of likely N-dealkylation sites (tertiary alicyclic amines) is 1. The summed E-state index contributed by atoms with van der Waals surface area (Å²) in [6.45, 7) is 0.589. The summed E-state index contributed by atoms with van der Waals surface area (Å²) in [5.74, 6) is 0.831. The van der Waals surface area contributed by atoms with Crippen LogP contribution in [0.1, 0.15) is 24.4 Å². The Morgan fingerprint density at radius 3 is 2.63 bits per heavy atom. The molecule has 5 nitrogen and oxygen atoms in total. The molecule has 2 unspecified atom stereocenters. The number of carbonyl (C=O) groups is 1. The van der Waals surface area contributed by atoms with Gasteiger partial charge in [0.1, 0.15) is 5.75 Å². The van der Waals surface area contributed by atoms with Crippen molar-refractivity contribution < 1.29 is 14.6 Å². The van der Waals surface area contributed by atoms with Crippen LogP contribution in [0, 0.1) is 0 Å². The maximum absolute atomic E-state index is 11.9. The van der Waals surface area contributed by atoms with E-state index in [0.29, 0.717) is 19.4 Å². The van der Waals surface area contributed by atoms with E-state index in [4.69, 9.17) is 10.5 Å². The van der Waals surface area contributed by atoms with Crippen LogP contribution in [0.5, 0.6) is 5.75 Å². The number of ether oxygens (including phenoxy) is 1. The molecule has 104 valence electrons. The Hall–Kier alpha value is -1.59. The number of amides is 1. The van der Waals surface area contributed by atoms with Crippen molar-refractivity contribution in [2.45, 2.75) is 24.9 Å². The lowest BCUT2D eigenvalue weighted by Crippen LogP contribution is -2.32. The van der Waals surface area contributed by atoms with E-state index in [1.54, 1.807) is 12.0 Å². The first-order chi connectivity index (χ1) is 9.15. The molecular formula is C14H20N2O3. The van der Waals surface area contributed by atoms with Gasteiger partial charge in [-0.1, -0.05) is 12.1 Å². The van der Waals surface area contributed by atoms with Crippen molar-refractivity contribution in [1.29, 1.82) is 0 Å². The van der Waals surface area contributed by atoms with E-state index >= 15 is 0 Å². The third-order valence-electron chi connectivity index (χ3n) is 3.47. The predicted molar refractivity (Wildman–Crippen MR) is 71.7 cm³/mol. The Morgan fingerprint density at radius 1 is 1.47 bits per heavy atom. The Balaban J connectivity index is 2.21. The molecule has 3 N–H and O–H groups in total. The van der Waals surface area contributed by atoms with E-state index in [2.05, 4.69) is 0 Å². The maximum Gasteiger partial charge on any atom is 0.224 e. The van der Waals surface area contributed by atoms with Crippen molar-refractivity contribution >= 4 is 5.91 Å². The highest BCUT2D eigenvalue weighted by Gasteiger charge is 2.32. The van der Waals surface area contributed by atoms with Crippen molar-refractivity contribution in [1.82, 2.24) is 4.90 Å². The lowest BCUT2D eigenvalue weighted by molar-refractivity contribution is -0.130. The van der Waals surface area contributed by atoms with Crippen molar-refractivity contribution in [3.63, 3.8) is 0 Å². The van der Waals surface area contributed by atoms with Crippen LogP contribution < -0.4 is 10.5 Å². The minimum atomic E-state index is -0.114. The van der Waals surface area contributed by atoms with Gasteiger partial charge in [-0.25, -0.2) is 0 Å². The van der Waals surface area contributed by atoms with E-state index < -0.39 is 0 Å². The molecule has 1 aliphatic rings. The summed E-state index contributed by atoms with van der Waals surface area (Å²) < 4.78 is 5.12. The van der Waals surface area contributed by atoms with Gasteiger partial charge in [0.2, 0.25) is 5.91 Å². The topological polar surface area (TPSA) is 75.8 Å². The van der Waals surface area contributed by atoms with Gasteiger partial charge in [0, 0.05) is 25.6 Å². The van der Waals surface area contributed by atoms with Crippen LogP contribution in [0.3, 0.4) is 0 Å². The fraction of sp³-hybridized carbons (Fsp3) is 0.500. The van der Waals surface area contributed by atoms with Gasteiger partial charge in [0.15, 0.2) is 0 Å². The number of nitrogens with zero attached hydrogens (tertiary/aromatic N) is 1. The Labute approximate surface area is 113 Å².